The number of carbonyl (C=O) groups is 1. The molecular weight excluding hydrogens is 266 g/mol. The summed E-state index contributed by atoms with van der Waals surface area (Å²) in [4.78, 5) is 16.0. The molecule has 0 saturated carbocycles. The van der Waals surface area contributed by atoms with Crippen molar-refractivity contribution in [2.45, 2.75) is 13.8 Å². The monoisotopic (exact) mass is 283 g/mol. The van der Waals surface area contributed by atoms with Crippen LogP contribution in [0.1, 0.15) is 13.8 Å². The zero-order chi connectivity index (χ0) is 15.2. The molecule has 0 unspecified atom stereocenters. The highest BCUT2D eigenvalue weighted by atomic mass is 16.3. The average Bonchev–Trinajstić information content (AvgIpc) is 2.42. The van der Waals surface area contributed by atoms with E-state index in [1.54, 1.807) is 42.6 Å². The van der Waals surface area contributed by atoms with Crippen LogP contribution >= 0.6 is 0 Å². The Balaban J connectivity index is 2.18. The largest absolute Gasteiger partial charge is 0.508 e. The van der Waals surface area contributed by atoms with Crippen LogP contribution in [0, 0.1) is 0 Å². The smallest absolute Gasteiger partial charge is 0.248 e. The number of anilines is 3. The fourth-order valence-corrected chi connectivity index (χ4v) is 1.72. The second-order valence-electron chi connectivity index (χ2n) is 4.78. The molecule has 0 aliphatic rings. The molecule has 0 radical (unpaired) electrons. The number of nitrogens with one attached hydrogen (secondary N) is 2. The van der Waals surface area contributed by atoms with E-state index in [0.29, 0.717) is 11.5 Å². The van der Waals surface area contributed by atoms with Crippen molar-refractivity contribution < 1.29 is 9.90 Å². The Hall–Kier alpha value is -2.82. The van der Waals surface area contributed by atoms with Crippen molar-refractivity contribution in [1.29, 1.82) is 0 Å². The number of rotatable bonds is 4. The van der Waals surface area contributed by atoms with E-state index in [1.807, 2.05) is 13.8 Å². The molecule has 0 spiro atoms. The van der Waals surface area contributed by atoms with Gasteiger partial charge in [0.25, 0.3) is 0 Å². The molecular formula is C16H17N3O2. The van der Waals surface area contributed by atoms with E-state index >= 15 is 0 Å². The molecule has 21 heavy (non-hydrogen) atoms. The molecule has 0 fully saturated rings. The number of benzene rings is 1. The molecule has 5 heteroatoms. The lowest BCUT2D eigenvalue weighted by molar-refractivity contribution is -0.111. The number of aromatic nitrogens is 1. The molecule has 1 heterocycles. The highest BCUT2D eigenvalue weighted by Gasteiger charge is 2.06. The van der Waals surface area contributed by atoms with Crippen LogP contribution in [0.5, 0.6) is 5.75 Å². The lowest BCUT2D eigenvalue weighted by Crippen LogP contribution is -2.10. The Morgan fingerprint density at radius 1 is 1.19 bits per heavy atom. The molecule has 0 atom stereocenters. The molecule has 1 aromatic heterocycles. The maximum Gasteiger partial charge on any atom is 0.248 e. The van der Waals surface area contributed by atoms with Crippen molar-refractivity contribution in [3.8, 4) is 5.75 Å². The Morgan fingerprint density at radius 3 is 2.57 bits per heavy atom. The first kappa shape index (κ1) is 14.6. The summed E-state index contributed by atoms with van der Waals surface area (Å²) in [7, 11) is 0. The summed E-state index contributed by atoms with van der Waals surface area (Å²) in [5.74, 6) is 0.536. The molecule has 5 nitrogen and oxygen atoms in total. The van der Waals surface area contributed by atoms with Crippen molar-refractivity contribution in [1.82, 2.24) is 4.98 Å². The number of hydrogen-bond acceptors (Lipinski definition) is 4. The second kappa shape index (κ2) is 6.56. The van der Waals surface area contributed by atoms with Gasteiger partial charge in [0.1, 0.15) is 5.75 Å². The zero-order valence-electron chi connectivity index (χ0n) is 11.9. The topological polar surface area (TPSA) is 74.2 Å². The van der Waals surface area contributed by atoms with Gasteiger partial charge in [0.15, 0.2) is 5.82 Å². The fraction of sp³-hybridized carbons (Fsp3) is 0.125. The molecule has 3 N–H and O–H groups in total. The third-order valence-corrected chi connectivity index (χ3v) is 2.62. The first-order valence-corrected chi connectivity index (χ1v) is 6.51. The predicted molar refractivity (Wildman–Crippen MR) is 83.7 cm³/mol. The van der Waals surface area contributed by atoms with Crippen molar-refractivity contribution in [3.63, 3.8) is 0 Å². The first-order chi connectivity index (χ1) is 10.0. The van der Waals surface area contributed by atoms with Crippen molar-refractivity contribution in [2.24, 2.45) is 0 Å². The van der Waals surface area contributed by atoms with Gasteiger partial charge in [-0.2, -0.15) is 0 Å². The van der Waals surface area contributed by atoms with Gasteiger partial charge in [-0.05, 0) is 50.2 Å². The maximum atomic E-state index is 11.8. The molecule has 0 bridgehead atoms. The Kier molecular flexibility index (Phi) is 4.56. The SMILES string of the molecule is CC(C)=CC(=O)Nc1cccnc1Nc1ccc(O)cc1. The van der Waals surface area contributed by atoms with E-state index in [2.05, 4.69) is 15.6 Å². The highest BCUT2D eigenvalue weighted by Crippen LogP contribution is 2.24. The quantitative estimate of drug-likeness (QED) is 0.593. The number of phenols is 1. The van der Waals surface area contributed by atoms with Gasteiger partial charge < -0.3 is 15.7 Å². The maximum absolute atomic E-state index is 11.8. The van der Waals surface area contributed by atoms with E-state index in [1.165, 1.54) is 6.08 Å². The number of phenolic OH excluding ortho intramolecular Hbond substituents is 1. The van der Waals surface area contributed by atoms with Crippen LogP contribution in [0.25, 0.3) is 0 Å². The number of allylic oxidation sites excluding steroid dienone is 1. The van der Waals surface area contributed by atoms with Gasteiger partial charge in [-0.1, -0.05) is 5.57 Å². The average molecular weight is 283 g/mol. The van der Waals surface area contributed by atoms with Crippen LogP contribution in [0.3, 0.4) is 0 Å². The number of nitrogens with zero attached hydrogens (tertiary/aromatic N) is 1. The molecule has 0 saturated heterocycles. The summed E-state index contributed by atoms with van der Waals surface area (Å²) in [6.07, 6.45) is 3.16. The zero-order valence-corrected chi connectivity index (χ0v) is 11.9. The van der Waals surface area contributed by atoms with E-state index in [4.69, 9.17) is 0 Å². The van der Waals surface area contributed by atoms with Crippen molar-refractivity contribution >= 4 is 23.1 Å². The van der Waals surface area contributed by atoms with Crippen molar-refractivity contribution in [2.75, 3.05) is 10.6 Å². The predicted octanol–water partition coefficient (Wildman–Crippen LogP) is 3.44. The van der Waals surface area contributed by atoms with Gasteiger partial charge in [-0.15, -0.1) is 0 Å². The number of aromatic hydroxyl groups is 1. The van der Waals surface area contributed by atoms with Crippen LogP contribution in [0.2, 0.25) is 0 Å². The van der Waals surface area contributed by atoms with Gasteiger partial charge in [0.05, 0.1) is 5.69 Å². The Morgan fingerprint density at radius 2 is 1.90 bits per heavy atom. The van der Waals surface area contributed by atoms with E-state index < -0.39 is 0 Å². The van der Waals surface area contributed by atoms with Crippen LogP contribution in [-0.4, -0.2) is 16.0 Å². The first-order valence-electron chi connectivity index (χ1n) is 6.51. The van der Waals surface area contributed by atoms with Crippen LogP contribution < -0.4 is 10.6 Å². The standard InChI is InChI=1S/C16H17N3O2/c1-11(2)10-15(21)19-14-4-3-9-17-16(14)18-12-5-7-13(20)8-6-12/h3-10,20H,1-2H3,(H,17,18)(H,19,21). The number of hydrogen-bond donors (Lipinski definition) is 3. The van der Waals surface area contributed by atoms with Gasteiger partial charge in [-0.25, -0.2) is 4.98 Å². The molecule has 1 aromatic carbocycles. The van der Waals surface area contributed by atoms with E-state index in [0.717, 1.165) is 11.3 Å². The summed E-state index contributed by atoms with van der Waals surface area (Å²) in [5.41, 5.74) is 2.28. The van der Waals surface area contributed by atoms with Gasteiger partial charge in [0.2, 0.25) is 5.91 Å². The number of amides is 1. The van der Waals surface area contributed by atoms with Gasteiger partial charge in [0, 0.05) is 18.0 Å². The van der Waals surface area contributed by atoms with Crippen LogP contribution in [0.15, 0.2) is 54.2 Å². The van der Waals surface area contributed by atoms with E-state index in [9.17, 15) is 9.90 Å². The minimum atomic E-state index is -0.197. The minimum absolute atomic E-state index is 0.193. The number of pyridine rings is 1. The lowest BCUT2D eigenvalue weighted by Gasteiger charge is -2.11. The molecule has 0 aliphatic heterocycles. The van der Waals surface area contributed by atoms with Gasteiger partial charge >= 0.3 is 0 Å². The summed E-state index contributed by atoms with van der Waals surface area (Å²) in [6.45, 7) is 3.72. The lowest BCUT2D eigenvalue weighted by atomic mass is 10.3. The molecule has 2 rings (SSSR count). The Labute approximate surface area is 123 Å². The third kappa shape index (κ3) is 4.35. The summed E-state index contributed by atoms with van der Waals surface area (Å²) < 4.78 is 0. The third-order valence-electron chi connectivity index (χ3n) is 2.62. The second-order valence-corrected chi connectivity index (χ2v) is 4.78. The van der Waals surface area contributed by atoms with Crippen LogP contribution in [-0.2, 0) is 4.79 Å². The summed E-state index contributed by atoms with van der Waals surface area (Å²) in [5, 5.41) is 15.2. The van der Waals surface area contributed by atoms with E-state index in [-0.39, 0.29) is 11.7 Å². The van der Waals surface area contributed by atoms with Crippen LogP contribution in [0.4, 0.5) is 17.2 Å². The molecule has 2 aromatic rings. The normalized spacial score (nSPS) is 9.81. The molecule has 0 aliphatic carbocycles. The molecule has 108 valence electrons. The molecule has 1 amide bonds. The van der Waals surface area contributed by atoms with Gasteiger partial charge in [-0.3, -0.25) is 4.79 Å². The summed E-state index contributed by atoms with van der Waals surface area (Å²) in [6, 6.07) is 10.1. The summed E-state index contributed by atoms with van der Waals surface area (Å²) >= 11 is 0. The number of carbonyl (C=O) groups excluding carboxylic acids is 1. The Bertz CT molecular complexity index is 659. The van der Waals surface area contributed by atoms with Crippen molar-refractivity contribution in [3.05, 3.63) is 54.2 Å². The highest BCUT2D eigenvalue weighted by molar-refractivity contribution is 6.01. The minimum Gasteiger partial charge on any atom is -0.508 e. The fourth-order valence-electron chi connectivity index (χ4n) is 1.72.